The van der Waals surface area contributed by atoms with E-state index < -0.39 is 12.0 Å². The van der Waals surface area contributed by atoms with Gasteiger partial charge in [0, 0.05) is 30.9 Å². The summed E-state index contributed by atoms with van der Waals surface area (Å²) in [6, 6.07) is 20.1. The Bertz CT molecular complexity index is 1520. The van der Waals surface area contributed by atoms with E-state index in [-0.39, 0.29) is 42.4 Å². The predicted octanol–water partition coefficient (Wildman–Crippen LogP) is 4.53. The highest BCUT2D eigenvalue weighted by molar-refractivity contribution is 7.80. The lowest BCUT2D eigenvalue weighted by molar-refractivity contribution is -0.124. The average Bonchev–Trinajstić information content (AvgIpc) is 3.54. The van der Waals surface area contributed by atoms with Crippen LogP contribution in [-0.2, 0) is 25.7 Å². The quantitative estimate of drug-likeness (QED) is 0.267. The van der Waals surface area contributed by atoms with Crippen molar-refractivity contribution >= 4 is 58.1 Å². The summed E-state index contributed by atoms with van der Waals surface area (Å²) in [4.78, 5) is 56.2. The Kier molecular flexibility index (Phi) is 9.01. The zero-order valence-electron chi connectivity index (χ0n) is 23.9. The fourth-order valence-corrected chi connectivity index (χ4v) is 5.56. The maximum absolute atomic E-state index is 13.8. The third-order valence-corrected chi connectivity index (χ3v) is 7.80. The minimum atomic E-state index is -0.865. The van der Waals surface area contributed by atoms with Gasteiger partial charge in [-0.1, -0.05) is 12.1 Å². The van der Waals surface area contributed by atoms with Crippen molar-refractivity contribution in [3.63, 3.8) is 0 Å². The summed E-state index contributed by atoms with van der Waals surface area (Å²) in [5.74, 6) is -0.397. The second kappa shape index (κ2) is 13.0. The van der Waals surface area contributed by atoms with Gasteiger partial charge in [0.1, 0.15) is 11.8 Å². The molecule has 10 nitrogen and oxygen atoms in total. The molecular weight excluding hydrogens is 568 g/mol. The summed E-state index contributed by atoms with van der Waals surface area (Å²) in [6.45, 7) is 2.95. The number of hydrogen-bond donors (Lipinski definition) is 1. The number of benzene rings is 3. The van der Waals surface area contributed by atoms with Gasteiger partial charge in [-0.15, -0.1) is 0 Å². The first-order chi connectivity index (χ1) is 20.8. The topological polar surface area (TPSA) is 108 Å². The van der Waals surface area contributed by atoms with Crippen LogP contribution in [0.4, 0.5) is 17.1 Å². The van der Waals surface area contributed by atoms with Gasteiger partial charge >= 0.3 is 5.97 Å². The van der Waals surface area contributed by atoms with Gasteiger partial charge in [-0.3, -0.25) is 19.3 Å². The number of anilines is 3. The Labute approximate surface area is 255 Å². The van der Waals surface area contributed by atoms with E-state index in [1.165, 1.54) is 4.90 Å². The highest BCUT2D eigenvalue weighted by Gasteiger charge is 2.44. The van der Waals surface area contributed by atoms with Crippen LogP contribution in [-0.4, -0.2) is 60.0 Å². The SMILES string of the molecule is CCOC(=O)c1ccc(N2C(=O)[C@@H](CC(=O)Nc3ccc(OC)cc3)N(Cc3ccc(N4CCCC4=O)cc3)C2=S)cc1. The number of carbonyl (C=O) groups excluding carboxylic acids is 4. The molecular formula is C32H32N4O6S. The van der Waals surface area contributed by atoms with E-state index in [0.29, 0.717) is 35.7 Å². The van der Waals surface area contributed by atoms with Crippen LogP contribution in [0.1, 0.15) is 42.1 Å². The molecule has 43 heavy (non-hydrogen) atoms. The van der Waals surface area contributed by atoms with E-state index >= 15 is 0 Å². The number of carbonyl (C=O) groups is 4. The number of rotatable bonds is 10. The summed E-state index contributed by atoms with van der Waals surface area (Å²) in [7, 11) is 1.56. The second-order valence-electron chi connectivity index (χ2n) is 10.2. The zero-order chi connectivity index (χ0) is 30.5. The molecule has 3 amide bonds. The average molecular weight is 601 g/mol. The normalized spacial score (nSPS) is 16.6. The number of esters is 1. The van der Waals surface area contributed by atoms with Crippen molar-refractivity contribution in [2.75, 3.05) is 35.4 Å². The molecule has 0 spiro atoms. The molecule has 0 radical (unpaired) electrons. The Balaban J connectivity index is 1.38. The van der Waals surface area contributed by atoms with Crippen molar-refractivity contribution in [2.24, 2.45) is 0 Å². The Hall–Kier alpha value is -4.77. The lowest BCUT2D eigenvalue weighted by Gasteiger charge is -2.24. The van der Waals surface area contributed by atoms with Gasteiger partial charge < -0.3 is 24.6 Å². The fourth-order valence-electron chi connectivity index (χ4n) is 5.17. The fraction of sp³-hybridized carbons (Fsp3) is 0.281. The third kappa shape index (κ3) is 6.51. The molecule has 2 heterocycles. The molecule has 2 fully saturated rings. The Morgan fingerprint density at radius 1 is 0.953 bits per heavy atom. The van der Waals surface area contributed by atoms with Gasteiger partial charge in [-0.25, -0.2) is 4.79 Å². The zero-order valence-corrected chi connectivity index (χ0v) is 24.8. The minimum Gasteiger partial charge on any atom is -0.497 e. The van der Waals surface area contributed by atoms with E-state index in [1.54, 1.807) is 72.4 Å². The summed E-state index contributed by atoms with van der Waals surface area (Å²) in [5.41, 5.74) is 3.10. The molecule has 11 heteroatoms. The Morgan fingerprint density at radius 3 is 2.23 bits per heavy atom. The molecule has 2 aliphatic heterocycles. The van der Waals surface area contributed by atoms with Crippen LogP contribution in [0, 0.1) is 0 Å². The highest BCUT2D eigenvalue weighted by atomic mass is 32.1. The van der Waals surface area contributed by atoms with E-state index in [1.807, 2.05) is 24.3 Å². The molecule has 0 bridgehead atoms. The minimum absolute atomic E-state index is 0.103. The largest absolute Gasteiger partial charge is 0.497 e. The van der Waals surface area contributed by atoms with Crippen LogP contribution < -0.4 is 19.9 Å². The van der Waals surface area contributed by atoms with E-state index in [4.69, 9.17) is 21.7 Å². The number of nitrogens with one attached hydrogen (secondary N) is 1. The number of hydrogen-bond acceptors (Lipinski definition) is 7. The molecule has 1 N–H and O–H groups in total. The highest BCUT2D eigenvalue weighted by Crippen LogP contribution is 2.30. The number of methoxy groups -OCH3 is 1. The first kappa shape index (κ1) is 29.7. The van der Waals surface area contributed by atoms with Crippen LogP contribution in [0.5, 0.6) is 5.75 Å². The number of ether oxygens (including phenoxy) is 2. The number of thiocarbonyl (C=S) groups is 1. The summed E-state index contributed by atoms with van der Waals surface area (Å²) in [6.07, 6.45) is 1.24. The van der Waals surface area contributed by atoms with Crippen LogP contribution in [0.25, 0.3) is 0 Å². The third-order valence-electron chi connectivity index (χ3n) is 7.38. The van der Waals surface area contributed by atoms with Crippen LogP contribution in [0.3, 0.4) is 0 Å². The summed E-state index contributed by atoms with van der Waals surface area (Å²) in [5, 5.41) is 3.09. The van der Waals surface area contributed by atoms with Crippen molar-refractivity contribution in [1.82, 2.24) is 4.90 Å². The molecule has 0 saturated carbocycles. The molecule has 1 atom stereocenters. The summed E-state index contributed by atoms with van der Waals surface area (Å²) >= 11 is 5.80. The maximum Gasteiger partial charge on any atom is 0.338 e. The maximum atomic E-state index is 13.8. The van der Waals surface area contributed by atoms with Gasteiger partial charge in [0.05, 0.1) is 31.4 Å². The van der Waals surface area contributed by atoms with Crippen molar-refractivity contribution in [3.8, 4) is 5.75 Å². The molecule has 5 rings (SSSR count). The monoisotopic (exact) mass is 600 g/mol. The van der Waals surface area contributed by atoms with Crippen LogP contribution in [0.15, 0.2) is 72.8 Å². The second-order valence-corrected chi connectivity index (χ2v) is 10.5. The number of amides is 3. The molecule has 3 aromatic rings. The van der Waals surface area contributed by atoms with Gasteiger partial charge in [-0.2, -0.15) is 0 Å². The first-order valence-electron chi connectivity index (χ1n) is 14.0. The van der Waals surface area contributed by atoms with Crippen molar-refractivity contribution in [1.29, 1.82) is 0 Å². The summed E-state index contributed by atoms with van der Waals surface area (Å²) < 4.78 is 10.2. The van der Waals surface area contributed by atoms with Crippen molar-refractivity contribution < 1.29 is 28.7 Å². The van der Waals surface area contributed by atoms with Gasteiger partial charge in [-0.05, 0) is 91.8 Å². The van der Waals surface area contributed by atoms with Crippen LogP contribution in [0.2, 0.25) is 0 Å². The van der Waals surface area contributed by atoms with E-state index in [9.17, 15) is 19.2 Å². The lowest BCUT2D eigenvalue weighted by Crippen LogP contribution is -2.37. The smallest absolute Gasteiger partial charge is 0.338 e. The molecule has 0 unspecified atom stereocenters. The standard InChI is InChI=1S/C32H32N4O6S/c1-3-42-31(40)22-8-14-25(15-9-22)36-30(39)27(19-28(37)33-23-10-16-26(41-2)17-11-23)35(32(36)43)20-21-6-12-24(13-7-21)34-18-4-5-29(34)38/h6-17,27H,3-5,18-20H2,1-2H3,(H,33,37)/t27-/m1/s1. The van der Waals surface area contributed by atoms with Gasteiger partial charge in [0.25, 0.3) is 5.91 Å². The van der Waals surface area contributed by atoms with Crippen molar-refractivity contribution in [3.05, 3.63) is 83.9 Å². The lowest BCUT2D eigenvalue weighted by atomic mass is 10.1. The van der Waals surface area contributed by atoms with Crippen LogP contribution >= 0.6 is 12.2 Å². The first-order valence-corrected chi connectivity index (χ1v) is 14.4. The van der Waals surface area contributed by atoms with E-state index in [0.717, 1.165) is 17.7 Å². The predicted molar refractivity (Wildman–Crippen MR) is 166 cm³/mol. The number of nitrogens with zero attached hydrogens (tertiary/aromatic N) is 3. The molecule has 0 aromatic heterocycles. The molecule has 222 valence electrons. The Morgan fingerprint density at radius 2 is 1.63 bits per heavy atom. The van der Waals surface area contributed by atoms with Crippen molar-refractivity contribution in [2.45, 2.75) is 38.8 Å². The molecule has 2 aliphatic rings. The molecule has 3 aromatic carbocycles. The molecule has 2 saturated heterocycles. The molecule has 0 aliphatic carbocycles. The van der Waals surface area contributed by atoms with Gasteiger partial charge in [0.15, 0.2) is 5.11 Å². The van der Waals surface area contributed by atoms with E-state index in [2.05, 4.69) is 5.32 Å². The van der Waals surface area contributed by atoms with Gasteiger partial charge in [0.2, 0.25) is 11.8 Å².